The largest absolute Gasteiger partial charge is 0.508 e. The average molecular weight is 1100 g/mol. The third-order valence-electron chi connectivity index (χ3n) is 16.6. The number of nitrogens with zero attached hydrogens (tertiary/aromatic N) is 1. The lowest BCUT2D eigenvalue weighted by atomic mass is 9.70. The fraction of sp³-hybridized carbons (Fsp3) is 0.415. The van der Waals surface area contributed by atoms with Gasteiger partial charge in [-0.3, -0.25) is 9.79 Å². The van der Waals surface area contributed by atoms with Gasteiger partial charge in [0.2, 0.25) is 0 Å². The van der Waals surface area contributed by atoms with E-state index in [4.69, 9.17) is 24.7 Å². The SMILES string of the molecule is CCOCCc1cccc([C@@H]2C[C@@H]3CSSCc4c(C(O)O)c5c6c7c(cc(O)c(c47)[C@@H]2C#CO[C@H](CC(=O)CCc2ccc(OC)c(c2)OC5)C[C@@H]2C=C(O)C3=C[C@H]2CCCCc2cccc(NC(N)=NC)c2)[C@H](C)C=C6)c1. The summed E-state index contributed by atoms with van der Waals surface area (Å²) in [5, 5.41) is 53.9. The number of ether oxygens (including phenoxy) is 4. The molecule has 12 rings (SSSR count). The van der Waals surface area contributed by atoms with Crippen LogP contribution in [0, 0.1) is 29.8 Å². The number of methoxy groups -OCH3 is 1. The summed E-state index contributed by atoms with van der Waals surface area (Å²) in [6.07, 6.45) is 15.2. The van der Waals surface area contributed by atoms with E-state index in [-0.39, 0.29) is 60.4 Å². The van der Waals surface area contributed by atoms with Crippen molar-refractivity contribution in [3.05, 3.63) is 158 Å². The fourth-order valence-corrected chi connectivity index (χ4v) is 15.1. The van der Waals surface area contributed by atoms with Crippen molar-refractivity contribution in [2.45, 2.75) is 121 Å². The molecular weight excluding hydrogens is 1030 g/mol. The number of allylic oxidation sites excluding steroid dienone is 4. The Bertz CT molecular complexity index is 3270. The number of aliphatic imine (C=N–C) groups is 1. The highest BCUT2D eigenvalue weighted by atomic mass is 33.1. The second-order valence-corrected chi connectivity index (χ2v) is 24.1. The van der Waals surface area contributed by atoms with Gasteiger partial charge in [-0.15, -0.1) is 0 Å². The first-order valence-corrected chi connectivity index (χ1v) is 30.4. The zero-order valence-electron chi connectivity index (χ0n) is 45.6. The van der Waals surface area contributed by atoms with E-state index in [9.17, 15) is 25.2 Å². The Morgan fingerprint density at radius 3 is 2.61 bits per heavy atom. The predicted octanol–water partition coefficient (Wildman–Crippen LogP) is 12.6. The first kappa shape index (κ1) is 56.0. The number of ketones is 1. The van der Waals surface area contributed by atoms with Crippen LogP contribution in [0.5, 0.6) is 17.2 Å². The summed E-state index contributed by atoms with van der Waals surface area (Å²) >= 11 is 0. The van der Waals surface area contributed by atoms with Crippen LogP contribution in [0.2, 0.25) is 0 Å². The first-order chi connectivity index (χ1) is 38.4. The van der Waals surface area contributed by atoms with Crippen LogP contribution in [-0.2, 0) is 45.9 Å². The van der Waals surface area contributed by atoms with Crippen molar-refractivity contribution in [2.75, 3.05) is 38.4 Å². The van der Waals surface area contributed by atoms with E-state index in [1.165, 1.54) is 5.56 Å². The average Bonchev–Trinajstić information content (AvgIpc) is 3.70. The van der Waals surface area contributed by atoms with Gasteiger partial charge in [0.1, 0.15) is 36.1 Å². The number of aryl methyl sites for hydroxylation is 2. The van der Waals surface area contributed by atoms with Gasteiger partial charge in [-0.05, 0) is 161 Å². The van der Waals surface area contributed by atoms with Crippen LogP contribution in [0.1, 0.15) is 138 Å². The number of aromatic hydroxyl groups is 1. The highest BCUT2D eigenvalue weighted by Crippen LogP contribution is 2.54. The van der Waals surface area contributed by atoms with E-state index in [1.54, 1.807) is 35.7 Å². The van der Waals surface area contributed by atoms with Gasteiger partial charge in [0.05, 0.1) is 19.6 Å². The van der Waals surface area contributed by atoms with Crippen LogP contribution in [0.3, 0.4) is 0 Å². The minimum Gasteiger partial charge on any atom is -0.508 e. The summed E-state index contributed by atoms with van der Waals surface area (Å²) in [4.78, 5) is 18.4. The molecule has 5 heterocycles. The molecule has 0 amide bonds. The maximum Gasteiger partial charge on any atom is 0.192 e. The summed E-state index contributed by atoms with van der Waals surface area (Å²) in [7, 11) is 6.58. The quantitative estimate of drug-likeness (QED) is 0.0164. The molecule has 12 bridgehead atoms. The monoisotopic (exact) mass is 1100 g/mol. The molecule has 14 heteroatoms. The zero-order chi connectivity index (χ0) is 55.2. The Balaban J connectivity index is 1.17. The molecule has 12 nitrogen and oxygen atoms in total. The molecule has 5 aliphatic heterocycles. The molecule has 0 saturated heterocycles. The number of anilines is 1. The van der Waals surface area contributed by atoms with E-state index in [0.29, 0.717) is 90.1 Å². The fourth-order valence-electron chi connectivity index (χ4n) is 12.6. The number of carbonyl (C=O) groups is 1. The number of fused-ring (bicyclic) bond motifs is 5. The second-order valence-electron chi connectivity index (χ2n) is 21.6. The van der Waals surface area contributed by atoms with Gasteiger partial charge in [0.15, 0.2) is 23.7 Å². The normalized spacial score (nSPS) is 23.0. The van der Waals surface area contributed by atoms with Crippen molar-refractivity contribution in [1.82, 2.24) is 0 Å². The molecule has 5 aromatic rings. The molecule has 0 fully saturated rings. The Morgan fingerprint density at radius 2 is 1.80 bits per heavy atom. The summed E-state index contributed by atoms with van der Waals surface area (Å²) in [6, 6.07) is 24.4. The Kier molecular flexibility index (Phi) is 18.0. The number of aliphatic hydroxyl groups excluding tert-OH is 2. The van der Waals surface area contributed by atoms with Gasteiger partial charge < -0.3 is 50.4 Å². The van der Waals surface area contributed by atoms with E-state index in [1.807, 2.05) is 49.4 Å². The van der Waals surface area contributed by atoms with E-state index in [2.05, 4.69) is 83.9 Å². The lowest BCUT2D eigenvalue weighted by molar-refractivity contribution is -0.121. The van der Waals surface area contributed by atoms with Crippen molar-refractivity contribution in [3.8, 4) is 29.3 Å². The van der Waals surface area contributed by atoms with Crippen molar-refractivity contribution in [3.63, 3.8) is 0 Å². The van der Waals surface area contributed by atoms with Gasteiger partial charge in [0, 0.05) is 72.2 Å². The van der Waals surface area contributed by atoms with Gasteiger partial charge >= 0.3 is 0 Å². The second kappa shape index (κ2) is 25.4. The summed E-state index contributed by atoms with van der Waals surface area (Å²) in [5.41, 5.74) is 15.8. The molecule has 7 aliphatic rings. The van der Waals surface area contributed by atoms with Crippen LogP contribution >= 0.6 is 21.6 Å². The van der Waals surface area contributed by atoms with Gasteiger partial charge in [-0.1, -0.05) is 102 Å². The first-order valence-electron chi connectivity index (χ1n) is 27.9. The van der Waals surface area contributed by atoms with E-state index < -0.39 is 24.2 Å². The maximum atomic E-state index is 14.4. The number of nitrogens with two attached hydrogens (primary N) is 1. The predicted molar refractivity (Wildman–Crippen MR) is 318 cm³/mol. The minimum atomic E-state index is -1.91. The number of nitrogens with one attached hydrogen (secondary N) is 1. The Hall–Kier alpha value is -6.34. The molecule has 79 heavy (non-hydrogen) atoms. The van der Waals surface area contributed by atoms with Crippen molar-refractivity contribution in [1.29, 1.82) is 0 Å². The molecule has 0 spiro atoms. The summed E-state index contributed by atoms with van der Waals surface area (Å²) in [5.74, 6) is 4.76. The van der Waals surface area contributed by atoms with Crippen molar-refractivity contribution < 1.29 is 44.2 Å². The Morgan fingerprint density at radius 1 is 0.962 bits per heavy atom. The summed E-state index contributed by atoms with van der Waals surface area (Å²) < 4.78 is 25.2. The standard InChI is InChI=1S/C65H73N3O9S2/c1-5-75-24-22-40-11-8-14-43(26-40)52-31-45-36-78-79-37-55-61(64(72)73)54-35-77-59-28-41(18-21-58(59)74-4)17-19-47(69)33-48(76-25-23-50(52)62-57(71)34-51-38(2)16-20-49(54)60(51)63(55)62)29-44-32-56(70)53(45)30-42(44)13-7-6-10-39-12-9-15-46(27-39)68-65(66)67-3/h8-9,11-12,14-16,18,20-21,26-28,30,32,34,38,42,44-45,48,50,52,64,70-73H,5-7,10,13,17,19,22,24,29,31,33,35-37H2,1-4H3,(H3,66,67,68)/t38-,42-,44-,45-,48+,50-,52+/m1/s1. The lowest BCUT2D eigenvalue weighted by Crippen LogP contribution is -2.27. The van der Waals surface area contributed by atoms with Gasteiger partial charge in [-0.2, -0.15) is 0 Å². The Labute approximate surface area is 472 Å². The number of phenols is 1. The number of hydrogen-bond acceptors (Lipinski definition) is 12. The van der Waals surface area contributed by atoms with Crippen molar-refractivity contribution in [2.24, 2.45) is 28.5 Å². The minimum absolute atomic E-state index is 0.0190. The molecule has 7 N–H and O–H groups in total. The maximum absolute atomic E-state index is 14.4. The van der Waals surface area contributed by atoms with E-state index >= 15 is 0 Å². The molecule has 0 unspecified atom stereocenters. The topological polar surface area (TPSA) is 185 Å². The zero-order valence-corrected chi connectivity index (χ0v) is 47.3. The lowest BCUT2D eigenvalue weighted by Gasteiger charge is -2.34. The molecule has 0 radical (unpaired) electrons. The highest BCUT2D eigenvalue weighted by Gasteiger charge is 2.39. The summed E-state index contributed by atoms with van der Waals surface area (Å²) in [6.45, 7) is 5.24. The number of hydrogen-bond donors (Lipinski definition) is 6. The van der Waals surface area contributed by atoms with Crippen LogP contribution < -0.4 is 20.5 Å². The molecule has 5 aromatic carbocycles. The molecule has 2 aliphatic carbocycles. The van der Waals surface area contributed by atoms with Crippen LogP contribution in [-0.4, -0.2) is 71.4 Å². The molecular formula is C65H73N3O9S2. The number of rotatable bonds is 13. The highest BCUT2D eigenvalue weighted by molar-refractivity contribution is 8.76. The van der Waals surface area contributed by atoms with E-state index in [0.717, 1.165) is 75.5 Å². The van der Waals surface area contributed by atoms with Crippen molar-refractivity contribution >= 4 is 55.9 Å². The smallest absolute Gasteiger partial charge is 0.192 e. The molecule has 0 aromatic heterocycles. The number of benzene rings is 5. The number of guanidine groups is 1. The number of phenolic OH excluding ortho intramolecular Hbond substituents is 1. The molecule has 0 saturated carbocycles. The van der Waals surface area contributed by atoms with Crippen LogP contribution in [0.15, 0.2) is 107 Å². The third-order valence-corrected chi connectivity index (χ3v) is 19.0. The number of aliphatic hydroxyl groups is 3. The van der Waals surface area contributed by atoms with Gasteiger partial charge in [-0.25, -0.2) is 0 Å². The van der Waals surface area contributed by atoms with Crippen LogP contribution in [0.25, 0.3) is 16.8 Å². The van der Waals surface area contributed by atoms with Crippen LogP contribution in [0.4, 0.5) is 5.69 Å². The van der Waals surface area contributed by atoms with Gasteiger partial charge in [0.25, 0.3) is 0 Å². The molecule has 7 atom stereocenters. The number of unbranched alkanes of at least 4 members (excludes halogenated alkanes) is 1. The number of Topliss-reactive ketones (excluding diaryl/α,β-unsaturated/α-hetero) is 1. The third kappa shape index (κ3) is 12.5. The molecule has 414 valence electrons. The number of carbonyl (C=O) groups excluding carboxylic acids is 1.